The predicted octanol–water partition coefficient (Wildman–Crippen LogP) is 1.65. The molecule has 2 aliphatic carbocycles. The molecule has 0 aromatic carbocycles. The molecule has 1 aliphatic heterocycles. The molecular weight excluding hydrogens is 256 g/mol. The fourth-order valence-electron chi connectivity index (χ4n) is 3.49. The second kappa shape index (κ2) is 4.45. The van der Waals surface area contributed by atoms with E-state index in [1.807, 2.05) is 13.8 Å². The van der Waals surface area contributed by atoms with E-state index in [-0.39, 0.29) is 18.5 Å². The summed E-state index contributed by atoms with van der Waals surface area (Å²) in [6.07, 6.45) is 5.20. The van der Waals surface area contributed by atoms with Crippen molar-refractivity contribution in [3.63, 3.8) is 0 Å². The predicted molar refractivity (Wildman–Crippen MR) is 74.0 cm³/mol. The van der Waals surface area contributed by atoms with E-state index in [2.05, 4.69) is 5.32 Å². The lowest BCUT2D eigenvalue weighted by atomic mass is 9.87. The highest BCUT2D eigenvalue weighted by Gasteiger charge is 2.65. The van der Waals surface area contributed by atoms with Crippen molar-refractivity contribution in [2.75, 3.05) is 6.54 Å². The SMILES string of the molecule is CCC(O)(CC)CN1C(=O)NC(C2CC2)(C2CC2)C1=O. The fourth-order valence-corrected chi connectivity index (χ4v) is 3.49. The topological polar surface area (TPSA) is 69.6 Å². The molecule has 1 heterocycles. The molecule has 20 heavy (non-hydrogen) atoms. The van der Waals surface area contributed by atoms with Gasteiger partial charge in [-0.3, -0.25) is 9.69 Å². The maximum Gasteiger partial charge on any atom is 0.325 e. The molecule has 112 valence electrons. The normalized spacial score (nSPS) is 26.1. The molecule has 0 unspecified atom stereocenters. The van der Waals surface area contributed by atoms with Crippen LogP contribution in [0.5, 0.6) is 0 Å². The van der Waals surface area contributed by atoms with Crippen LogP contribution in [-0.2, 0) is 4.79 Å². The van der Waals surface area contributed by atoms with Crippen LogP contribution in [0, 0.1) is 11.8 Å². The van der Waals surface area contributed by atoms with Crippen LogP contribution in [0.1, 0.15) is 52.4 Å². The Balaban J connectivity index is 1.83. The molecular formula is C15H24N2O3. The first-order valence-electron chi connectivity index (χ1n) is 7.83. The average molecular weight is 280 g/mol. The van der Waals surface area contributed by atoms with Crippen LogP contribution >= 0.6 is 0 Å². The molecule has 3 amide bonds. The molecule has 3 fully saturated rings. The first-order chi connectivity index (χ1) is 9.47. The largest absolute Gasteiger partial charge is 0.388 e. The molecule has 0 atom stereocenters. The van der Waals surface area contributed by atoms with Gasteiger partial charge in [0.25, 0.3) is 5.91 Å². The number of urea groups is 1. The average Bonchev–Trinajstić information content (AvgIpc) is 3.31. The smallest absolute Gasteiger partial charge is 0.325 e. The Bertz CT molecular complexity index is 424. The second-order valence-electron chi connectivity index (χ2n) is 6.67. The van der Waals surface area contributed by atoms with Crippen LogP contribution in [0.25, 0.3) is 0 Å². The van der Waals surface area contributed by atoms with Gasteiger partial charge in [0, 0.05) is 0 Å². The van der Waals surface area contributed by atoms with Crippen molar-refractivity contribution in [2.45, 2.75) is 63.5 Å². The molecule has 0 aromatic heterocycles. The molecule has 0 aromatic rings. The summed E-state index contributed by atoms with van der Waals surface area (Å²) in [6.45, 7) is 3.89. The van der Waals surface area contributed by atoms with E-state index in [1.54, 1.807) is 0 Å². The van der Waals surface area contributed by atoms with E-state index in [1.165, 1.54) is 4.90 Å². The van der Waals surface area contributed by atoms with Gasteiger partial charge in [0.2, 0.25) is 0 Å². The van der Waals surface area contributed by atoms with Crippen LogP contribution in [0.2, 0.25) is 0 Å². The van der Waals surface area contributed by atoms with Gasteiger partial charge < -0.3 is 10.4 Å². The number of amides is 3. The summed E-state index contributed by atoms with van der Waals surface area (Å²) in [7, 11) is 0. The van der Waals surface area contributed by atoms with Crippen molar-refractivity contribution in [3.05, 3.63) is 0 Å². The van der Waals surface area contributed by atoms with Crippen molar-refractivity contribution in [2.24, 2.45) is 11.8 Å². The summed E-state index contributed by atoms with van der Waals surface area (Å²) in [4.78, 5) is 26.4. The molecule has 5 heteroatoms. The molecule has 2 saturated carbocycles. The van der Waals surface area contributed by atoms with Gasteiger partial charge in [-0.1, -0.05) is 13.8 Å². The lowest BCUT2D eigenvalue weighted by Gasteiger charge is -2.30. The van der Waals surface area contributed by atoms with Gasteiger partial charge >= 0.3 is 6.03 Å². The maximum atomic E-state index is 12.8. The molecule has 0 bridgehead atoms. The van der Waals surface area contributed by atoms with Gasteiger partial charge in [0.15, 0.2) is 0 Å². The van der Waals surface area contributed by atoms with E-state index in [0.29, 0.717) is 24.7 Å². The third-order valence-corrected chi connectivity index (χ3v) is 5.37. The first kappa shape index (κ1) is 13.9. The summed E-state index contributed by atoms with van der Waals surface area (Å²) >= 11 is 0. The van der Waals surface area contributed by atoms with E-state index in [4.69, 9.17) is 0 Å². The lowest BCUT2D eigenvalue weighted by molar-refractivity contribution is -0.135. The Hall–Kier alpha value is -1.10. The minimum absolute atomic E-state index is 0.0900. The first-order valence-corrected chi connectivity index (χ1v) is 7.83. The molecule has 3 aliphatic rings. The monoisotopic (exact) mass is 280 g/mol. The van der Waals surface area contributed by atoms with Crippen LogP contribution in [0.3, 0.4) is 0 Å². The minimum Gasteiger partial charge on any atom is -0.388 e. The number of hydrogen-bond acceptors (Lipinski definition) is 3. The highest BCUT2D eigenvalue weighted by Crippen LogP contribution is 2.54. The van der Waals surface area contributed by atoms with Crippen molar-refractivity contribution in [1.82, 2.24) is 10.2 Å². The number of nitrogens with one attached hydrogen (secondary N) is 1. The zero-order valence-electron chi connectivity index (χ0n) is 12.3. The number of β-amino-alcohol motifs (C(OH)–C–C–N with tert-alkyl or cyclic N) is 1. The molecule has 0 radical (unpaired) electrons. The third-order valence-electron chi connectivity index (χ3n) is 5.37. The van der Waals surface area contributed by atoms with Gasteiger partial charge in [-0.15, -0.1) is 0 Å². The standard InChI is InChI=1S/C15H24N2O3/c1-3-14(20,4-2)9-17-12(18)15(10-5-6-10,11-7-8-11)16-13(17)19/h10-11,20H,3-9H2,1-2H3,(H,16,19). The van der Waals surface area contributed by atoms with E-state index in [0.717, 1.165) is 25.7 Å². The quantitative estimate of drug-likeness (QED) is 0.727. The van der Waals surface area contributed by atoms with Crippen molar-refractivity contribution >= 4 is 11.9 Å². The van der Waals surface area contributed by atoms with Crippen LogP contribution in [0.4, 0.5) is 4.79 Å². The van der Waals surface area contributed by atoms with Gasteiger partial charge in [-0.2, -0.15) is 0 Å². The van der Waals surface area contributed by atoms with Crippen molar-refractivity contribution in [3.8, 4) is 0 Å². The molecule has 3 rings (SSSR count). The summed E-state index contributed by atoms with van der Waals surface area (Å²) in [5.41, 5.74) is -1.60. The van der Waals surface area contributed by atoms with Crippen molar-refractivity contribution < 1.29 is 14.7 Å². The second-order valence-corrected chi connectivity index (χ2v) is 6.67. The third kappa shape index (κ3) is 1.94. The number of aliphatic hydroxyl groups is 1. The Morgan fingerprint density at radius 1 is 1.20 bits per heavy atom. The Kier molecular flexibility index (Phi) is 3.08. The van der Waals surface area contributed by atoms with E-state index >= 15 is 0 Å². The summed E-state index contributed by atoms with van der Waals surface area (Å²) in [5, 5.41) is 13.4. The summed E-state index contributed by atoms with van der Waals surface area (Å²) < 4.78 is 0. The number of hydrogen-bond donors (Lipinski definition) is 2. The van der Waals surface area contributed by atoms with Crippen LogP contribution < -0.4 is 5.32 Å². The van der Waals surface area contributed by atoms with Crippen LogP contribution in [-0.4, -0.2) is 39.6 Å². The van der Waals surface area contributed by atoms with Crippen molar-refractivity contribution in [1.29, 1.82) is 0 Å². The number of rotatable bonds is 6. The summed E-state index contributed by atoms with van der Waals surface area (Å²) in [5.74, 6) is 0.536. The van der Waals surface area contributed by atoms with Gasteiger partial charge in [-0.05, 0) is 50.4 Å². The zero-order chi connectivity index (χ0) is 14.5. The number of carbonyl (C=O) groups excluding carboxylic acids is 2. The molecule has 5 nitrogen and oxygen atoms in total. The lowest BCUT2D eigenvalue weighted by Crippen LogP contribution is -2.52. The Morgan fingerprint density at radius 2 is 1.70 bits per heavy atom. The minimum atomic E-state index is -0.962. The Morgan fingerprint density at radius 3 is 2.10 bits per heavy atom. The fraction of sp³-hybridized carbons (Fsp3) is 0.867. The Labute approximate surface area is 119 Å². The van der Waals surface area contributed by atoms with Crippen LogP contribution in [0.15, 0.2) is 0 Å². The summed E-state index contributed by atoms with van der Waals surface area (Å²) in [6, 6.07) is -0.311. The van der Waals surface area contributed by atoms with E-state index in [9.17, 15) is 14.7 Å². The number of imide groups is 1. The molecule has 0 spiro atoms. The zero-order valence-corrected chi connectivity index (χ0v) is 12.3. The molecule has 2 N–H and O–H groups in total. The molecule has 1 saturated heterocycles. The van der Waals surface area contributed by atoms with Gasteiger partial charge in [0.05, 0.1) is 12.1 Å². The maximum absolute atomic E-state index is 12.8. The van der Waals surface area contributed by atoms with Gasteiger partial charge in [-0.25, -0.2) is 4.79 Å². The van der Waals surface area contributed by atoms with Gasteiger partial charge in [0.1, 0.15) is 5.54 Å². The highest BCUT2D eigenvalue weighted by atomic mass is 16.3. The number of nitrogens with zero attached hydrogens (tertiary/aromatic N) is 1. The van der Waals surface area contributed by atoms with E-state index < -0.39 is 11.1 Å². The number of carbonyl (C=O) groups is 2. The highest BCUT2D eigenvalue weighted by molar-refractivity contribution is 6.08.